The van der Waals surface area contributed by atoms with Crippen molar-refractivity contribution in [1.29, 1.82) is 0 Å². The number of hydrogen-bond donors (Lipinski definition) is 5. The van der Waals surface area contributed by atoms with E-state index in [9.17, 15) is 30.3 Å². The first-order chi connectivity index (χ1) is 10.8. The van der Waals surface area contributed by atoms with Gasteiger partial charge in [0.05, 0.1) is 0 Å². The fourth-order valence-electron chi connectivity index (χ4n) is 2.15. The maximum absolute atomic E-state index is 12.2. The molecule has 23 heavy (non-hydrogen) atoms. The van der Waals surface area contributed by atoms with E-state index in [4.69, 9.17) is 16.0 Å². The third-order valence-corrected chi connectivity index (χ3v) is 3.66. The lowest BCUT2D eigenvalue weighted by Crippen LogP contribution is -2.03. The third kappa shape index (κ3) is 2.18. The van der Waals surface area contributed by atoms with Gasteiger partial charge in [-0.3, -0.25) is 4.79 Å². The second-order valence-electron chi connectivity index (χ2n) is 4.74. The molecule has 1 aromatic heterocycles. The fourth-order valence-corrected chi connectivity index (χ4v) is 2.30. The molecule has 5 N–H and O–H groups in total. The molecule has 7 nitrogen and oxygen atoms in total. The SMILES string of the molecule is O=c1c(O)c(-c2ccc(O)c(O)c2)oc2cc(O)c(Cl)c(O)c12. The number of rotatable bonds is 1. The maximum Gasteiger partial charge on any atom is 0.238 e. The normalized spacial score (nSPS) is 11.0. The van der Waals surface area contributed by atoms with Crippen molar-refractivity contribution < 1.29 is 29.9 Å². The van der Waals surface area contributed by atoms with Gasteiger partial charge in [-0.1, -0.05) is 11.6 Å². The molecule has 0 fully saturated rings. The van der Waals surface area contributed by atoms with Gasteiger partial charge in [0.2, 0.25) is 11.2 Å². The van der Waals surface area contributed by atoms with E-state index in [2.05, 4.69) is 0 Å². The Kier molecular flexibility index (Phi) is 3.23. The van der Waals surface area contributed by atoms with E-state index in [1.807, 2.05) is 0 Å². The van der Waals surface area contributed by atoms with Crippen LogP contribution in [-0.4, -0.2) is 25.5 Å². The average Bonchev–Trinajstić information content (AvgIpc) is 2.51. The van der Waals surface area contributed by atoms with Gasteiger partial charge in [0, 0.05) is 11.6 Å². The van der Waals surface area contributed by atoms with E-state index in [0.717, 1.165) is 18.2 Å². The lowest BCUT2D eigenvalue weighted by Gasteiger charge is -2.09. The Balaban J connectivity index is 2.40. The predicted molar refractivity (Wildman–Crippen MR) is 81.3 cm³/mol. The third-order valence-electron chi connectivity index (χ3n) is 3.29. The van der Waals surface area contributed by atoms with Gasteiger partial charge >= 0.3 is 0 Å². The first-order valence-corrected chi connectivity index (χ1v) is 6.61. The number of aromatic hydroxyl groups is 5. The Labute approximate surface area is 132 Å². The number of fused-ring (bicyclic) bond motifs is 1. The molecule has 0 unspecified atom stereocenters. The number of hydrogen-bond acceptors (Lipinski definition) is 7. The van der Waals surface area contributed by atoms with Crippen LogP contribution in [-0.2, 0) is 0 Å². The molecule has 0 bridgehead atoms. The van der Waals surface area contributed by atoms with Crippen molar-refractivity contribution in [2.45, 2.75) is 0 Å². The van der Waals surface area contributed by atoms with Gasteiger partial charge in [-0.05, 0) is 18.2 Å². The molecule has 0 aliphatic heterocycles. The summed E-state index contributed by atoms with van der Waals surface area (Å²) in [6.07, 6.45) is 0. The van der Waals surface area contributed by atoms with E-state index in [0.29, 0.717) is 0 Å². The summed E-state index contributed by atoms with van der Waals surface area (Å²) in [4.78, 5) is 12.2. The molecule has 8 heteroatoms. The summed E-state index contributed by atoms with van der Waals surface area (Å²) in [6.45, 7) is 0. The van der Waals surface area contributed by atoms with Crippen molar-refractivity contribution in [1.82, 2.24) is 0 Å². The summed E-state index contributed by atoms with van der Waals surface area (Å²) in [5.74, 6) is -3.22. The summed E-state index contributed by atoms with van der Waals surface area (Å²) >= 11 is 5.65. The van der Waals surface area contributed by atoms with Crippen molar-refractivity contribution in [3.05, 3.63) is 39.5 Å². The highest BCUT2D eigenvalue weighted by molar-refractivity contribution is 6.34. The molecule has 0 aliphatic carbocycles. The summed E-state index contributed by atoms with van der Waals surface area (Å²) in [6, 6.07) is 4.54. The second kappa shape index (κ2) is 4.99. The van der Waals surface area contributed by atoms with Crippen LogP contribution in [0.2, 0.25) is 5.02 Å². The molecule has 0 saturated heterocycles. The molecular formula is C15H9ClO7. The molecule has 118 valence electrons. The van der Waals surface area contributed by atoms with Gasteiger partial charge in [-0.25, -0.2) is 0 Å². The number of phenolic OH excluding ortho intramolecular Hbond substituents is 4. The topological polar surface area (TPSA) is 131 Å². The lowest BCUT2D eigenvalue weighted by atomic mass is 10.1. The standard InChI is InChI=1S/C15H9ClO7/c16-11-8(19)4-9-10(12(11)20)13(21)14(22)15(23-9)5-1-2-6(17)7(18)3-5/h1-4,17-20,22H. The summed E-state index contributed by atoms with van der Waals surface area (Å²) in [5.41, 5.74) is -1.08. The van der Waals surface area contributed by atoms with Gasteiger partial charge < -0.3 is 29.9 Å². The van der Waals surface area contributed by atoms with Crippen LogP contribution in [0.3, 0.4) is 0 Å². The van der Waals surface area contributed by atoms with Gasteiger partial charge in [0.1, 0.15) is 21.7 Å². The van der Waals surface area contributed by atoms with E-state index >= 15 is 0 Å². The molecule has 0 saturated carbocycles. The maximum atomic E-state index is 12.2. The highest BCUT2D eigenvalue weighted by atomic mass is 35.5. The minimum Gasteiger partial charge on any atom is -0.506 e. The molecule has 0 aliphatic rings. The molecule has 3 aromatic rings. The first kappa shape index (κ1) is 14.9. The Hall–Kier alpha value is -3.06. The summed E-state index contributed by atoms with van der Waals surface area (Å²) in [5, 5.41) is 47.5. The first-order valence-electron chi connectivity index (χ1n) is 6.23. The number of phenols is 4. The summed E-state index contributed by atoms with van der Waals surface area (Å²) in [7, 11) is 0. The Bertz CT molecular complexity index is 1010. The van der Waals surface area contributed by atoms with Crippen molar-refractivity contribution in [3.63, 3.8) is 0 Å². The predicted octanol–water partition coefficient (Wildman–Crippen LogP) is 2.64. The zero-order valence-corrected chi connectivity index (χ0v) is 12.0. The van der Waals surface area contributed by atoms with Gasteiger partial charge in [-0.15, -0.1) is 0 Å². The van der Waals surface area contributed by atoms with Crippen molar-refractivity contribution in [2.24, 2.45) is 0 Å². The molecule has 0 radical (unpaired) electrons. The van der Waals surface area contributed by atoms with Gasteiger partial charge in [0.25, 0.3) is 0 Å². The van der Waals surface area contributed by atoms with Gasteiger partial charge in [-0.2, -0.15) is 0 Å². The quantitative estimate of drug-likeness (QED) is 0.431. The Morgan fingerprint density at radius 1 is 0.870 bits per heavy atom. The number of benzene rings is 2. The highest BCUT2D eigenvalue weighted by Gasteiger charge is 2.21. The van der Waals surface area contributed by atoms with E-state index in [1.54, 1.807) is 0 Å². The second-order valence-corrected chi connectivity index (χ2v) is 5.12. The molecular weight excluding hydrogens is 328 g/mol. The molecule has 2 aromatic carbocycles. The summed E-state index contributed by atoms with van der Waals surface area (Å²) < 4.78 is 5.35. The molecule has 0 atom stereocenters. The Morgan fingerprint density at radius 3 is 2.22 bits per heavy atom. The van der Waals surface area contributed by atoms with Gasteiger partial charge in [0.15, 0.2) is 23.0 Å². The van der Waals surface area contributed by atoms with Crippen LogP contribution in [0.15, 0.2) is 33.5 Å². The smallest absolute Gasteiger partial charge is 0.238 e. The van der Waals surface area contributed by atoms with Crippen molar-refractivity contribution in [3.8, 4) is 40.1 Å². The highest BCUT2D eigenvalue weighted by Crippen LogP contribution is 2.41. The fraction of sp³-hybridized carbons (Fsp3) is 0. The average molecular weight is 337 g/mol. The molecule has 0 spiro atoms. The van der Waals surface area contributed by atoms with E-state index < -0.39 is 44.6 Å². The van der Waals surface area contributed by atoms with Crippen LogP contribution in [0, 0.1) is 0 Å². The van der Waals surface area contributed by atoms with Crippen LogP contribution >= 0.6 is 11.6 Å². The lowest BCUT2D eigenvalue weighted by molar-refractivity contribution is 0.403. The van der Waals surface area contributed by atoms with Crippen molar-refractivity contribution in [2.75, 3.05) is 0 Å². The van der Waals surface area contributed by atoms with Crippen LogP contribution in [0.1, 0.15) is 0 Å². The molecule has 0 amide bonds. The zero-order valence-electron chi connectivity index (χ0n) is 11.2. The Morgan fingerprint density at radius 2 is 1.57 bits per heavy atom. The van der Waals surface area contributed by atoms with Crippen LogP contribution in [0.25, 0.3) is 22.3 Å². The van der Waals surface area contributed by atoms with Crippen molar-refractivity contribution >= 4 is 22.6 Å². The van der Waals surface area contributed by atoms with E-state index in [1.165, 1.54) is 6.07 Å². The minimum absolute atomic E-state index is 0.103. The molecule has 3 rings (SSSR count). The molecule has 1 heterocycles. The monoisotopic (exact) mass is 336 g/mol. The van der Waals surface area contributed by atoms with Crippen LogP contribution < -0.4 is 5.43 Å². The van der Waals surface area contributed by atoms with Crippen LogP contribution in [0.4, 0.5) is 0 Å². The van der Waals surface area contributed by atoms with Crippen LogP contribution in [0.5, 0.6) is 28.7 Å². The van der Waals surface area contributed by atoms with E-state index in [-0.39, 0.29) is 16.9 Å². The largest absolute Gasteiger partial charge is 0.506 e. The number of halogens is 1. The zero-order chi connectivity index (χ0) is 16.9. The minimum atomic E-state index is -0.965.